The first-order valence-electron chi connectivity index (χ1n) is 6.68. The molecule has 1 heterocycles. The number of halogens is 2. The lowest BCUT2D eigenvalue weighted by Crippen LogP contribution is -2.35. The molecule has 0 spiro atoms. The first kappa shape index (κ1) is 15.3. The first-order valence-corrected chi connectivity index (χ1v) is 7.47. The van der Waals surface area contributed by atoms with Gasteiger partial charge in [0.1, 0.15) is 5.82 Å². The van der Waals surface area contributed by atoms with Crippen LogP contribution in [0.1, 0.15) is 32.0 Å². The van der Waals surface area contributed by atoms with Crippen molar-refractivity contribution in [3.8, 4) is 0 Å². The fraction of sp³-hybridized carbons (Fsp3) is 0.375. The van der Waals surface area contributed by atoms with Crippen LogP contribution < -0.4 is 5.32 Å². The Morgan fingerprint density at radius 3 is 2.65 bits per heavy atom. The maximum atomic E-state index is 13.2. The van der Waals surface area contributed by atoms with Gasteiger partial charge in [-0.2, -0.15) is 0 Å². The molecular formula is C16H20BrFN2. The Bertz CT molecular complexity index is 584. The van der Waals surface area contributed by atoms with E-state index in [2.05, 4.69) is 58.8 Å². The fourth-order valence-corrected chi connectivity index (χ4v) is 2.38. The van der Waals surface area contributed by atoms with E-state index in [1.165, 1.54) is 11.8 Å². The molecule has 0 unspecified atom stereocenters. The zero-order chi connectivity index (χ0) is 14.8. The van der Waals surface area contributed by atoms with E-state index in [9.17, 15) is 4.39 Å². The molecule has 0 aliphatic carbocycles. The van der Waals surface area contributed by atoms with Gasteiger partial charge in [-0.3, -0.25) is 0 Å². The van der Waals surface area contributed by atoms with Gasteiger partial charge in [-0.1, -0.05) is 6.07 Å². The Kier molecular flexibility index (Phi) is 4.66. The van der Waals surface area contributed by atoms with Crippen LogP contribution in [0.3, 0.4) is 0 Å². The molecule has 0 bridgehead atoms. The van der Waals surface area contributed by atoms with Gasteiger partial charge in [0.05, 0.1) is 4.47 Å². The fourth-order valence-electron chi connectivity index (χ4n) is 1.95. The van der Waals surface area contributed by atoms with Gasteiger partial charge < -0.3 is 9.88 Å². The van der Waals surface area contributed by atoms with Gasteiger partial charge in [0, 0.05) is 30.5 Å². The summed E-state index contributed by atoms with van der Waals surface area (Å²) >= 11 is 3.23. The highest BCUT2D eigenvalue weighted by Crippen LogP contribution is 2.18. The summed E-state index contributed by atoms with van der Waals surface area (Å²) in [6.07, 6.45) is 2.05. The highest BCUT2D eigenvalue weighted by molar-refractivity contribution is 9.10. The zero-order valence-corrected chi connectivity index (χ0v) is 13.7. The number of hydrogen-bond donors (Lipinski definition) is 1. The van der Waals surface area contributed by atoms with Crippen molar-refractivity contribution in [3.05, 3.63) is 58.1 Å². The Labute approximate surface area is 128 Å². The van der Waals surface area contributed by atoms with Gasteiger partial charge in [0.2, 0.25) is 0 Å². The summed E-state index contributed by atoms with van der Waals surface area (Å²) in [7, 11) is 0. The zero-order valence-electron chi connectivity index (χ0n) is 12.1. The van der Waals surface area contributed by atoms with Gasteiger partial charge in [-0.05, 0) is 66.5 Å². The van der Waals surface area contributed by atoms with Crippen molar-refractivity contribution < 1.29 is 4.39 Å². The second-order valence-electron chi connectivity index (χ2n) is 5.98. The third-order valence-corrected chi connectivity index (χ3v) is 3.67. The standard InChI is InChI=1S/C16H20BrFN2/c1-16(2,3)19-10-13-5-4-8-20(13)11-12-6-7-15(18)14(17)9-12/h4-9,19H,10-11H2,1-3H3. The molecular weight excluding hydrogens is 319 g/mol. The minimum absolute atomic E-state index is 0.0913. The smallest absolute Gasteiger partial charge is 0.137 e. The predicted molar refractivity (Wildman–Crippen MR) is 84.2 cm³/mol. The quantitative estimate of drug-likeness (QED) is 0.878. The molecule has 1 aromatic heterocycles. The predicted octanol–water partition coefficient (Wildman–Crippen LogP) is 4.33. The van der Waals surface area contributed by atoms with Gasteiger partial charge in [0.25, 0.3) is 0 Å². The van der Waals surface area contributed by atoms with E-state index in [1.54, 1.807) is 0 Å². The molecule has 0 aliphatic rings. The first-order chi connectivity index (χ1) is 9.35. The lowest BCUT2D eigenvalue weighted by Gasteiger charge is -2.21. The molecule has 0 aliphatic heterocycles. The normalized spacial score (nSPS) is 11.8. The molecule has 0 radical (unpaired) electrons. The van der Waals surface area contributed by atoms with Crippen LogP contribution in [0.2, 0.25) is 0 Å². The summed E-state index contributed by atoms with van der Waals surface area (Å²) in [4.78, 5) is 0. The number of aromatic nitrogens is 1. The van der Waals surface area contributed by atoms with Crippen molar-refractivity contribution in [2.24, 2.45) is 0 Å². The van der Waals surface area contributed by atoms with E-state index in [0.717, 1.165) is 18.7 Å². The summed E-state index contributed by atoms with van der Waals surface area (Å²) < 4.78 is 15.9. The lowest BCUT2D eigenvalue weighted by atomic mass is 10.1. The Hall–Kier alpha value is -1.13. The van der Waals surface area contributed by atoms with Crippen molar-refractivity contribution in [3.63, 3.8) is 0 Å². The summed E-state index contributed by atoms with van der Waals surface area (Å²) in [5.41, 5.74) is 2.39. The van der Waals surface area contributed by atoms with Crippen LogP contribution in [0.5, 0.6) is 0 Å². The van der Waals surface area contributed by atoms with Crippen molar-refractivity contribution in [2.45, 2.75) is 39.4 Å². The van der Waals surface area contributed by atoms with E-state index >= 15 is 0 Å². The number of hydrogen-bond acceptors (Lipinski definition) is 1. The molecule has 2 rings (SSSR count). The van der Waals surface area contributed by atoms with Gasteiger partial charge in [-0.15, -0.1) is 0 Å². The van der Waals surface area contributed by atoms with Crippen LogP contribution in [-0.4, -0.2) is 10.1 Å². The highest BCUT2D eigenvalue weighted by Gasteiger charge is 2.10. The van der Waals surface area contributed by atoms with Crippen molar-refractivity contribution in [1.82, 2.24) is 9.88 Å². The summed E-state index contributed by atoms with van der Waals surface area (Å²) in [6.45, 7) is 8.01. The molecule has 4 heteroatoms. The summed E-state index contributed by atoms with van der Waals surface area (Å²) in [5, 5.41) is 3.48. The third-order valence-electron chi connectivity index (χ3n) is 3.06. The minimum Gasteiger partial charge on any atom is -0.346 e. The highest BCUT2D eigenvalue weighted by atomic mass is 79.9. The minimum atomic E-state index is -0.226. The molecule has 1 aromatic carbocycles. The SMILES string of the molecule is CC(C)(C)NCc1cccn1Cc1ccc(F)c(Br)c1. The topological polar surface area (TPSA) is 17.0 Å². The monoisotopic (exact) mass is 338 g/mol. The molecule has 0 atom stereocenters. The van der Waals surface area contributed by atoms with E-state index in [0.29, 0.717) is 4.47 Å². The number of nitrogens with one attached hydrogen (secondary N) is 1. The molecule has 0 amide bonds. The molecule has 108 valence electrons. The Morgan fingerprint density at radius 2 is 2.00 bits per heavy atom. The maximum absolute atomic E-state index is 13.2. The number of nitrogens with zero attached hydrogens (tertiary/aromatic N) is 1. The van der Waals surface area contributed by atoms with E-state index in [4.69, 9.17) is 0 Å². The van der Waals surface area contributed by atoms with Crippen molar-refractivity contribution >= 4 is 15.9 Å². The van der Waals surface area contributed by atoms with Crippen LogP contribution in [0.4, 0.5) is 4.39 Å². The molecule has 2 aromatic rings. The number of benzene rings is 1. The maximum Gasteiger partial charge on any atom is 0.137 e. The summed E-state index contributed by atoms with van der Waals surface area (Å²) in [5.74, 6) is -0.226. The van der Waals surface area contributed by atoms with E-state index < -0.39 is 0 Å². The largest absolute Gasteiger partial charge is 0.346 e. The van der Waals surface area contributed by atoms with Crippen LogP contribution >= 0.6 is 15.9 Å². The molecule has 0 saturated carbocycles. The Balaban J connectivity index is 2.10. The lowest BCUT2D eigenvalue weighted by molar-refractivity contribution is 0.417. The van der Waals surface area contributed by atoms with Crippen molar-refractivity contribution in [2.75, 3.05) is 0 Å². The van der Waals surface area contributed by atoms with Crippen LogP contribution in [0.15, 0.2) is 41.0 Å². The second-order valence-corrected chi connectivity index (χ2v) is 6.83. The van der Waals surface area contributed by atoms with Crippen LogP contribution in [-0.2, 0) is 13.1 Å². The molecule has 2 nitrogen and oxygen atoms in total. The third kappa shape index (κ3) is 4.18. The van der Waals surface area contributed by atoms with Crippen LogP contribution in [0.25, 0.3) is 0 Å². The molecule has 1 N–H and O–H groups in total. The summed E-state index contributed by atoms with van der Waals surface area (Å²) in [6, 6.07) is 9.29. The van der Waals surface area contributed by atoms with Gasteiger partial charge in [0.15, 0.2) is 0 Å². The Morgan fingerprint density at radius 1 is 1.25 bits per heavy atom. The molecule has 0 fully saturated rings. The van der Waals surface area contributed by atoms with Gasteiger partial charge >= 0.3 is 0 Å². The average molecular weight is 339 g/mol. The molecule has 20 heavy (non-hydrogen) atoms. The van der Waals surface area contributed by atoms with Crippen molar-refractivity contribution in [1.29, 1.82) is 0 Å². The number of rotatable bonds is 4. The van der Waals surface area contributed by atoms with Crippen LogP contribution in [0, 0.1) is 5.82 Å². The average Bonchev–Trinajstić information content (AvgIpc) is 2.78. The van der Waals surface area contributed by atoms with Gasteiger partial charge in [-0.25, -0.2) is 4.39 Å². The molecule has 0 saturated heterocycles. The van der Waals surface area contributed by atoms with E-state index in [-0.39, 0.29) is 11.4 Å². The van der Waals surface area contributed by atoms with E-state index in [1.807, 2.05) is 18.2 Å². The second kappa shape index (κ2) is 6.10.